The number of hydrogen-bond acceptors (Lipinski definition) is 4. The van der Waals surface area contributed by atoms with Crippen molar-refractivity contribution in [3.8, 4) is 0 Å². The number of carbonyl (C=O) groups is 1. The average Bonchev–Trinajstić information content (AvgIpc) is 2.60. The molecule has 0 spiro atoms. The fourth-order valence-electron chi connectivity index (χ4n) is 2.48. The Labute approximate surface area is 170 Å². The Balaban J connectivity index is 2.31. The number of sulfonamides is 1. The smallest absolute Gasteiger partial charge is 0.430 e. The molecule has 0 fully saturated rings. The maximum Gasteiger partial charge on any atom is 0.430 e. The Morgan fingerprint density at radius 1 is 0.935 bits per heavy atom. The number of alkyl halides is 6. The summed E-state index contributed by atoms with van der Waals surface area (Å²) in [7, 11) is -4.39. The summed E-state index contributed by atoms with van der Waals surface area (Å²) in [6.07, 6.45) is -12.5. The second kappa shape index (κ2) is 8.00. The molecule has 2 aromatic carbocycles. The number of aliphatic hydroxyl groups is 1. The number of nitrogens with one attached hydrogen (secondary N) is 1. The predicted molar refractivity (Wildman–Crippen MR) is 92.1 cm³/mol. The molecular formula is C17H12F7NO5S. The zero-order valence-corrected chi connectivity index (χ0v) is 15.7. The lowest BCUT2D eigenvalue weighted by Gasteiger charge is -2.32. The van der Waals surface area contributed by atoms with E-state index in [9.17, 15) is 49.1 Å². The minimum Gasteiger partial charge on any atom is -0.478 e. The molecule has 3 N–H and O–H groups in total. The van der Waals surface area contributed by atoms with Crippen molar-refractivity contribution in [3.63, 3.8) is 0 Å². The van der Waals surface area contributed by atoms with Gasteiger partial charge in [-0.1, -0.05) is 18.2 Å². The molecule has 0 bridgehead atoms. The highest BCUT2D eigenvalue weighted by atomic mass is 32.2. The lowest BCUT2D eigenvalue weighted by molar-refractivity contribution is -0.376. The number of benzene rings is 2. The molecule has 31 heavy (non-hydrogen) atoms. The van der Waals surface area contributed by atoms with Crippen molar-refractivity contribution in [3.05, 3.63) is 65.0 Å². The molecule has 0 aliphatic carbocycles. The minimum atomic E-state index is -6.24. The van der Waals surface area contributed by atoms with Crippen molar-refractivity contribution in [2.75, 3.05) is 4.72 Å². The van der Waals surface area contributed by atoms with Crippen LogP contribution >= 0.6 is 0 Å². The van der Waals surface area contributed by atoms with Crippen LogP contribution in [-0.4, -0.2) is 37.0 Å². The van der Waals surface area contributed by atoms with Crippen LogP contribution in [0.3, 0.4) is 0 Å². The highest BCUT2D eigenvalue weighted by Crippen LogP contribution is 2.50. The SMILES string of the molecule is O=C(O)c1ccc(CS(=O)(=O)Nc2ccc(C(O)(C(F)(F)F)C(F)(F)F)cc2F)cc1. The number of carboxylic acid groups (broad SMARTS) is 1. The zero-order valence-electron chi connectivity index (χ0n) is 14.9. The van der Waals surface area contributed by atoms with Gasteiger partial charge in [0, 0.05) is 5.56 Å². The second-order valence-electron chi connectivity index (χ2n) is 6.26. The van der Waals surface area contributed by atoms with Crippen molar-refractivity contribution in [2.24, 2.45) is 0 Å². The van der Waals surface area contributed by atoms with Crippen molar-refractivity contribution < 1.29 is 54.2 Å². The maximum absolute atomic E-state index is 14.1. The van der Waals surface area contributed by atoms with Crippen molar-refractivity contribution in [1.82, 2.24) is 0 Å². The van der Waals surface area contributed by atoms with Crippen LogP contribution in [-0.2, 0) is 21.4 Å². The van der Waals surface area contributed by atoms with Crippen molar-refractivity contribution >= 4 is 21.7 Å². The summed E-state index contributed by atoms with van der Waals surface area (Å²) in [5.41, 5.74) is -8.30. The van der Waals surface area contributed by atoms with E-state index in [2.05, 4.69) is 0 Å². The van der Waals surface area contributed by atoms with Gasteiger partial charge in [0.15, 0.2) is 0 Å². The van der Waals surface area contributed by atoms with Crippen LogP contribution in [0.25, 0.3) is 0 Å². The molecule has 170 valence electrons. The molecule has 6 nitrogen and oxygen atoms in total. The van der Waals surface area contributed by atoms with Gasteiger partial charge >= 0.3 is 18.3 Å². The lowest BCUT2D eigenvalue weighted by Crippen LogP contribution is -2.54. The van der Waals surface area contributed by atoms with E-state index in [1.54, 1.807) is 4.72 Å². The van der Waals surface area contributed by atoms with Gasteiger partial charge in [-0.15, -0.1) is 0 Å². The fraction of sp³-hybridized carbons (Fsp3) is 0.235. The Bertz CT molecular complexity index is 1070. The van der Waals surface area contributed by atoms with Gasteiger partial charge in [0.2, 0.25) is 10.0 Å². The molecule has 0 radical (unpaired) electrons. The van der Waals surface area contributed by atoms with Gasteiger partial charge in [0.25, 0.3) is 5.60 Å². The first-order valence-electron chi connectivity index (χ1n) is 7.96. The second-order valence-corrected chi connectivity index (χ2v) is 7.99. The third-order valence-electron chi connectivity index (χ3n) is 4.03. The molecule has 0 atom stereocenters. The molecular weight excluding hydrogens is 463 g/mol. The van der Waals surface area contributed by atoms with Crippen LogP contribution in [0.5, 0.6) is 0 Å². The van der Waals surface area contributed by atoms with E-state index in [0.29, 0.717) is 6.07 Å². The third kappa shape index (κ3) is 5.07. The molecule has 0 heterocycles. The number of aromatic carboxylic acids is 1. The molecule has 0 aromatic heterocycles. The largest absolute Gasteiger partial charge is 0.478 e. The summed E-state index contributed by atoms with van der Waals surface area (Å²) in [6.45, 7) is 0. The summed E-state index contributed by atoms with van der Waals surface area (Å²) >= 11 is 0. The van der Waals surface area contributed by atoms with Crippen LogP contribution in [0.4, 0.5) is 36.4 Å². The van der Waals surface area contributed by atoms with Crippen LogP contribution in [0.1, 0.15) is 21.5 Å². The van der Waals surface area contributed by atoms with E-state index >= 15 is 0 Å². The first-order chi connectivity index (χ1) is 14.0. The quantitative estimate of drug-likeness (QED) is 0.552. The Morgan fingerprint density at radius 3 is 1.87 bits per heavy atom. The van der Waals surface area contributed by atoms with E-state index < -0.39 is 56.8 Å². The van der Waals surface area contributed by atoms with Crippen molar-refractivity contribution in [2.45, 2.75) is 23.7 Å². The van der Waals surface area contributed by atoms with Gasteiger partial charge in [-0.05, 0) is 29.8 Å². The number of anilines is 1. The first kappa shape index (κ1) is 24.4. The number of hydrogen-bond donors (Lipinski definition) is 3. The van der Waals surface area contributed by atoms with E-state index in [-0.39, 0.29) is 23.3 Å². The molecule has 0 saturated carbocycles. The monoisotopic (exact) mass is 475 g/mol. The van der Waals surface area contributed by atoms with Gasteiger partial charge in [0.1, 0.15) is 5.82 Å². The molecule has 0 saturated heterocycles. The van der Waals surface area contributed by atoms with Crippen LogP contribution in [0.2, 0.25) is 0 Å². The molecule has 14 heteroatoms. The molecule has 2 aromatic rings. The average molecular weight is 475 g/mol. The topological polar surface area (TPSA) is 104 Å². The lowest BCUT2D eigenvalue weighted by atomic mass is 9.92. The summed E-state index contributed by atoms with van der Waals surface area (Å²) in [6, 6.07) is 4.60. The number of carboxylic acids is 1. The van der Waals surface area contributed by atoms with Crippen molar-refractivity contribution in [1.29, 1.82) is 0 Å². The number of rotatable bonds is 6. The minimum absolute atomic E-state index is 0.0676. The third-order valence-corrected chi connectivity index (χ3v) is 5.27. The van der Waals surface area contributed by atoms with Gasteiger partial charge in [-0.25, -0.2) is 17.6 Å². The molecule has 0 amide bonds. The maximum atomic E-state index is 14.1. The molecule has 0 aliphatic heterocycles. The Hall–Kier alpha value is -2.87. The summed E-state index contributed by atoms with van der Waals surface area (Å²) in [5, 5.41) is 18.0. The van der Waals surface area contributed by atoms with Gasteiger partial charge in [-0.3, -0.25) is 4.72 Å². The van der Waals surface area contributed by atoms with Crippen LogP contribution in [0, 0.1) is 5.82 Å². The summed E-state index contributed by atoms with van der Waals surface area (Å²) < 4.78 is 117. The van der Waals surface area contributed by atoms with E-state index in [4.69, 9.17) is 5.11 Å². The zero-order chi connectivity index (χ0) is 23.8. The molecule has 0 unspecified atom stereocenters. The Kier molecular flexibility index (Phi) is 6.29. The highest BCUT2D eigenvalue weighted by Gasteiger charge is 2.71. The normalized spacial score (nSPS) is 13.2. The van der Waals surface area contributed by atoms with E-state index in [1.807, 2.05) is 0 Å². The molecule has 0 aliphatic rings. The first-order valence-corrected chi connectivity index (χ1v) is 9.62. The van der Waals surface area contributed by atoms with Gasteiger partial charge in [-0.2, -0.15) is 26.3 Å². The summed E-state index contributed by atoms with van der Waals surface area (Å²) in [4.78, 5) is 10.8. The van der Waals surface area contributed by atoms with Gasteiger partial charge in [0.05, 0.1) is 17.0 Å². The highest BCUT2D eigenvalue weighted by molar-refractivity contribution is 7.91. The summed E-state index contributed by atoms with van der Waals surface area (Å²) in [5.74, 6) is -3.87. The van der Waals surface area contributed by atoms with Gasteiger partial charge < -0.3 is 10.2 Å². The number of halogens is 7. The van der Waals surface area contributed by atoms with E-state index in [0.717, 1.165) is 24.3 Å². The van der Waals surface area contributed by atoms with Crippen LogP contribution in [0.15, 0.2) is 42.5 Å². The Morgan fingerprint density at radius 2 is 1.45 bits per heavy atom. The van der Waals surface area contributed by atoms with E-state index in [1.165, 1.54) is 0 Å². The molecule has 2 rings (SSSR count). The fourth-order valence-corrected chi connectivity index (χ4v) is 3.68. The predicted octanol–water partition coefficient (Wildman–Crippen LogP) is 3.78. The standard InChI is InChI=1S/C17H12F7NO5S/c18-12-7-11(15(28,16(19,20)21)17(22,23)24)5-6-13(12)25-31(29,30)8-9-1-3-10(4-2-9)14(26)27/h1-7,25,28H,8H2,(H,26,27). The van der Waals surface area contributed by atoms with Crippen LogP contribution < -0.4 is 4.72 Å².